The minimum atomic E-state index is -0.955. The predicted molar refractivity (Wildman–Crippen MR) is 206 cm³/mol. The third-order valence-corrected chi connectivity index (χ3v) is 11.7. The number of amides is 2. The fourth-order valence-electron chi connectivity index (χ4n) is 7.94. The second kappa shape index (κ2) is 20.0. The maximum Gasteiger partial charge on any atom is 0.306 e. The van der Waals surface area contributed by atoms with E-state index in [4.69, 9.17) is 21.1 Å². The van der Waals surface area contributed by atoms with E-state index in [9.17, 15) is 33.6 Å². The molecule has 12 nitrogen and oxygen atoms in total. The van der Waals surface area contributed by atoms with Gasteiger partial charge in [0.2, 0.25) is 23.5 Å². The molecule has 2 heterocycles. The summed E-state index contributed by atoms with van der Waals surface area (Å²) in [5.74, 6) is -4.90. The van der Waals surface area contributed by atoms with Gasteiger partial charge in [-0.15, -0.1) is 0 Å². The van der Waals surface area contributed by atoms with Crippen LogP contribution in [0.2, 0.25) is 5.02 Å². The summed E-state index contributed by atoms with van der Waals surface area (Å²) < 4.78 is 10.9. The zero-order chi connectivity index (χ0) is 40.4. The average Bonchev–Trinajstić information content (AvgIpc) is 3.87. The van der Waals surface area contributed by atoms with Crippen LogP contribution in [-0.2, 0) is 38.3 Å². The molecule has 13 heteroatoms. The smallest absolute Gasteiger partial charge is 0.306 e. The quantitative estimate of drug-likeness (QED) is 0.117. The fourth-order valence-corrected chi connectivity index (χ4v) is 8.05. The summed E-state index contributed by atoms with van der Waals surface area (Å²) in [5, 5.41) is 3.37. The molecule has 1 saturated heterocycles. The molecule has 0 spiro atoms. The van der Waals surface area contributed by atoms with E-state index in [2.05, 4.69) is 10.3 Å². The first-order valence-corrected chi connectivity index (χ1v) is 20.5. The van der Waals surface area contributed by atoms with Crippen LogP contribution in [0.5, 0.6) is 5.88 Å². The first-order valence-electron chi connectivity index (χ1n) is 20.1. The molecule has 6 atom stereocenters. The second-order valence-electron chi connectivity index (χ2n) is 17.0. The summed E-state index contributed by atoms with van der Waals surface area (Å²) in [4.78, 5) is 101. The van der Waals surface area contributed by atoms with Gasteiger partial charge in [-0.1, -0.05) is 71.9 Å². The van der Waals surface area contributed by atoms with Gasteiger partial charge in [0.05, 0.1) is 37.2 Å². The highest BCUT2D eigenvalue weighted by Gasteiger charge is 2.47. The highest BCUT2D eigenvalue weighted by Crippen LogP contribution is 2.37. The van der Waals surface area contributed by atoms with Crippen molar-refractivity contribution in [3.8, 4) is 5.88 Å². The van der Waals surface area contributed by atoms with Crippen LogP contribution < -0.4 is 10.1 Å². The number of likely N-dealkylation sites (tertiary alicyclic amines) is 1. The van der Waals surface area contributed by atoms with Gasteiger partial charge in [-0.05, 0) is 55.4 Å². The number of methoxy groups -OCH3 is 1. The first kappa shape index (κ1) is 44.0. The van der Waals surface area contributed by atoms with Crippen molar-refractivity contribution in [3.05, 3.63) is 23.4 Å². The molecule has 4 rings (SSSR count). The monoisotopic (exact) mass is 785 g/mol. The first-order chi connectivity index (χ1) is 26.0. The van der Waals surface area contributed by atoms with Gasteiger partial charge in [0, 0.05) is 55.7 Å². The van der Waals surface area contributed by atoms with E-state index < -0.39 is 70.7 Å². The summed E-state index contributed by atoms with van der Waals surface area (Å²) >= 11 is 6.03. The van der Waals surface area contributed by atoms with E-state index >= 15 is 0 Å². The third kappa shape index (κ3) is 12.7. The standard InChI is InChI=1S/C42H60ClN3O9/c1-7-11-28(39(51)35(49)19-26-14-15-26)20-33(47)32-21-30(55-36-17-16-29(43)23-44-36)24-46(32)41(53)31(42(3,4)5)22-34(48)38(27-12-9-8-10-13-27)45-40(52)25(2)18-37(50)54-6/h16-17,23,25-28,30-32,38H,7-15,18-22,24H2,1-6H3,(H,45,52)/t25-,28-,30-,31-,32+,38+/m1/s1. The number of hydrogen-bond acceptors (Lipinski definition) is 10. The topological polar surface area (TPSA) is 166 Å². The molecule has 304 valence electrons. The van der Waals surface area contributed by atoms with Crippen molar-refractivity contribution in [2.75, 3.05) is 13.7 Å². The van der Waals surface area contributed by atoms with Gasteiger partial charge in [-0.3, -0.25) is 33.6 Å². The summed E-state index contributed by atoms with van der Waals surface area (Å²) in [5.41, 5.74) is -0.730. The Bertz CT molecular complexity index is 1550. The summed E-state index contributed by atoms with van der Waals surface area (Å²) in [6, 6.07) is 1.43. The maximum absolute atomic E-state index is 14.8. The Morgan fingerprint density at radius 2 is 1.67 bits per heavy atom. The van der Waals surface area contributed by atoms with Crippen LogP contribution in [0.1, 0.15) is 125 Å². The zero-order valence-corrected chi connectivity index (χ0v) is 34.2. The number of nitrogens with one attached hydrogen (secondary N) is 1. The lowest BCUT2D eigenvalue weighted by Crippen LogP contribution is -2.52. The molecule has 0 radical (unpaired) electrons. The molecule has 2 saturated carbocycles. The molecular formula is C42H60ClN3O9. The largest absolute Gasteiger partial charge is 0.472 e. The predicted octanol–water partition coefficient (Wildman–Crippen LogP) is 6.28. The van der Waals surface area contributed by atoms with Crippen LogP contribution in [-0.4, -0.2) is 82.6 Å². The van der Waals surface area contributed by atoms with Gasteiger partial charge >= 0.3 is 5.97 Å². The van der Waals surface area contributed by atoms with Crippen molar-refractivity contribution in [2.45, 2.75) is 143 Å². The van der Waals surface area contributed by atoms with Gasteiger partial charge < -0.3 is 19.7 Å². The number of rotatable bonds is 20. The van der Waals surface area contributed by atoms with Gasteiger partial charge in [-0.25, -0.2) is 4.98 Å². The normalized spacial score (nSPS) is 21.2. The van der Waals surface area contributed by atoms with Crippen LogP contribution in [0.25, 0.3) is 0 Å². The van der Waals surface area contributed by atoms with Crippen LogP contribution in [0.3, 0.4) is 0 Å². The van der Waals surface area contributed by atoms with E-state index in [0.717, 1.165) is 44.9 Å². The van der Waals surface area contributed by atoms with E-state index in [0.29, 0.717) is 17.9 Å². The molecular weight excluding hydrogens is 726 g/mol. The average molecular weight is 786 g/mol. The van der Waals surface area contributed by atoms with Crippen LogP contribution in [0.15, 0.2) is 18.3 Å². The molecule has 3 fully saturated rings. The van der Waals surface area contributed by atoms with Crippen molar-refractivity contribution in [1.29, 1.82) is 0 Å². The van der Waals surface area contributed by atoms with Gasteiger partial charge in [0.15, 0.2) is 17.3 Å². The number of ether oxygens (including phenoxy) is 2. The lowest BCUT2D eigenvalue weighted by molar-refractivity contribution is -0.147. The lowest BCUT2D eigenvalue weighted by atomic mass is 9.74. The summed E-state index contributed by atoms with van der Waals surface area (Å²) in [7, 11) is 1.26. The molecule has 2 amide bonds. The van der Waals surface area contributed by atoms with Crippen molar-refractivity contribution in [1.82, 2.24) is 15.2 Å². The molecule has 0 bridgehead atoms. The SMILES string of the molecule is CCC[C@H](CC(=O)[C@@H]1C[C@@H](Oc2ccc(Cl)cn2)CN1C(=O)[C@@H](CC(=O)[C@@H](NC(=O)[C@H](C)CC(=O)OC)C1CCCCC1)C(C)(C)C)C(=O)C(=O)CC1CC1. The van der Waals surface area contributed by atoms with E-state index in [1.54, 1.807) is 19.1 Å². The molecule has 1 aromatic heterocycles. The third-order valence-electron chi connectivity index (χ3n) is 11.5. The summed E-state index contributed by atoms with van der Waals surface area (Å²) in [6.07, 6.45) is 7.89. The van der Waals surface area contributed by atoms with Crippen molar-refractivity contribution in [2.24, 2.45) is 35.0 Å². The highest BCUT2D eigenvalue weighted by molar-refractivity contribution is 6.38. The number of Topliss-reactive ketones (excluding diaryl/α,β-unsaturated/α-hetero) is 4. The Kier molecular flexibility index (Phi) is 16.0. The van der Waals surface area contributed by atoms with Gasteiger partial charge in [0.1, 0.15) is 6.10 Å². The Balaban J connectivity index is 1.60. The number of nitrogens with zero attached hydrogens (tertiary/aromatic N) is 2. The van der Waals surface area contributed by atoms with Crippen molar-refractivity contribution < 1.29 is 43.0 Å². The van der Waals surface area contributed by atoms with Gasteiger partial charge in [0.25, 0.3) is 0 Å². The number of carbonyl (C=O) groups is 7. The number of hydrogen-bond donors (Lipinski definition) is 1. The lowest BCUT2D eigenvalue weighted by Gasteiger charge is -2.37. The van der Waals surface area contributed by atoms with E-state index in [-0.39, 0.29) is 67.9 Å². The Morgan fingerprint density at radius 1 is 0.982 bits per heavy atom. The fraction of sp³-hybridized carbons (Fsp3) is 0.714. The van der Waals surface area contributed by atoms with Crippen LogP contribution >= 0.6 is 11.6 Å². The number of esters is 1. The van der Waals surface area contributed by atoms with E-state index in [1.807, 2.05) is 27.7 Å². The van der Waals surface area contributed by atoms with E-state index in [1.165, 1.54) is 18.2 Å². The number of carbonyl (C=O) groups excluding carboxylic acids is 7. The molecule has 0 aromatic carbocycles. The van der Waals surface area contributed by atoms with Crippen molar-refractivity contribution >= 4 is 52.5 Å². The maximum atomic E-state index is 14.8. The van der Waals surface area contributed by atoms with Crippen LogP contribution in [0.4, 0.5) is 0 Å². The van der Waals surface area contributed by atoms with Crippen molar-refractivity contribution in [3.63, 3.8) is 0 Å². The molecule has 1 N–H and O–H groups in total. The molecule has 1 aromatic rings. The number of ketones is 4. The number of pyridine rings is 1. The Morgan fingerprint density at radius 3 is 2.25 bits per heavy atom. The minimum Gasteiger partial charge on any atom is -0.472 e. The summed E-state index contributed by atoms with van der Waals surface area (Å²) in [6.45, 7) is 9.17. The molecule has 3 aliphatic rings. The number of aromatic nitrogens is 1. The zero-order valence-electron chi connectivity index (χ0n) is 33.4. The minimum absolute atomic E-state index is 0.0428. The molecule has 0 unspecified atom stereocenters. The molecule has 1 aliphatic heterocycles. The Hall–Kier alpha value is -3.67. The second-order valence-corrected chi connectivity index (χ2v) is 17.5. The highest BCUT2D eigenvalue weighted by atomic mass is 35.5. The van der Waals surface area contributed by atoms with Crippen LogP contribution in [0, 0.1) is 35.0 Å². The van der Waals surface area contributed by atoms with Gasteiger partial charge in [-0.2, -0.15) is 0 Å². The molecule has 55 heavy (non-hydrogen) atoms. The number of halogens is 1. The Labute approximate surface area is 330 Å². The molecule has 2 aliphatic carbocycles.